The highest BCUT2D eigenvalue weighted by atomic mass is 32.2. The third-order valence-electron chi connectivity index (χ3n) is 0.605. The molecule has 3 nitrogen and oxygen atoms in total. The van der Waals surface area contributed by atoms with Crippen molar-refractivity contribution >= 4 is 22.9 Å². The fourth-order valence-electron chi connectivity index (χ4n) is 0.348. The normalized spacial score (nSPS) is 14.9. The van der Waals surface area contributed by atoms with Crippen LogP contribution < -0.4 is 5.32 Å². The summed E-state index contributed by atoms with van der Waals surface area (Å²) in [6, 6.07) is 0. The molecular weight excluding hydrogens is 138 g/mol. The van der Waals surface area contributed by atoms with Crippen LogP contribution in [0.3, 0.4) is 0 Å². The average molecular weight is 145 g/mol. The van der Waals surface area contributed by atoms with Crippen molar-refractivity contribution in [1.82, 2.24) is 5.32 Å². The summed E-state index contributed by atoms with van der Waals surface area (Å²) in [6.07, 6.45) is 0. The molecule has 0 aliphatic carbocycles. The average Bonchev–Trinajstić information content (AvgIpc) is 2.20. The number of hydrogen-bond donors (Lipinski definition) is 1. The molecule has 0 spiro atoms. The highest BCUT2D eigenvalue weighted by molar-refractivity contribution is 8.13. The van der Waals surface area contributed by atoms with Crippen LogP contribution in [0.15, 0.2) is 6.58 Å². The highest BCUT2D eigenvalue weighted by Crippen LogP contribution is 2.04. The summed E-state index contributed by atoms with van der Waals surface area (Å²) in [6.45, 7) is 3.53. The SMILES string of the molecule is C=C=O.O=C1NCCS1. The van der Waals surface area contributed by atoms with Gasteiger partial charge >= 0.3 is 0 Å². The van der Waals surface area contributed by atoms with Crippen molar-refractivity contribution in [3.05, 3.63) is 6.58 Å². The lowest BCUT2D eigenvalue weighted by Crippen LogP contribution is -2.10. The van der Waals surface area contributed by atoms with E-state index in [-0.39, 0.29) is 5.24 Å². The standard InChI is InChI=1S/C3H5NOS.C2H2O/c5-3-4-1-2-6-3;1-2-3/h1-2H2,(H,4,5);1H2. The molecule has 1 rings (SSSR count). The molecule has 0 bridgehead atoms. The van der Waals surface area contributed by atoms with Gasteiger partial charge < -0.3 is 5.32 Å². The monoisotopic (exact) mass is 145 g/mol. The van der Waals surface area contributed by atoms with Crippen LogP contribution in [0.1, 0.15) is 0 Å². The molecule has 0 saturated carbocycles. The van der Waals surface area contributed by atoms with E-state index in [1.54, 1.807) is 0 Å². The Balaban J connectivity index is 0.000000187. The summed E-state index contributed by atoms with van der Waals surface area (Å²) in [4.78, 5) is 18.7. The molecule has 1 aliphatic heterocycles. The second kappa shape index (κ2) is 5.41. The first-order chi connectivity index (χ1) is 4.31. The molecule has 0 aromatic carbocycles. The molecule has 1 saturated heterocycles. The zero-order valence-corrected chi connectivity index (χ0v) is 5.66. The van der Waals surface area contributed by atoms with Crippen molar-refractivity contribution in [2.24, 2.45) is 0 Å². The van der Waals surface area contributed by atoms with E-state index < -0.39 is 0 Å². The van der Waals surface area contributed by atoms with Gasteiger partial charge in [0.1, 0.15) is 5.94 Å². The summed E-state index contributed by atoms with van der Waals surface area (Å²) in [5.41, 5.74) is 0. The van der Waals surface area contributed by atoms with Gasteiger partial charge in [-0.25, -0.2) is 4.79 Å². The van der Waals surface area contributed by atoms with Crippen LogP contribution in [0.5, 0.6) is 0 Å². The van der Waals surface area contributed by atoms with Crippen LogP contribution in [-0.4, -0.2) is 23.5 Å². The maximum Gasteiger partial charge on any atom is 0.279 e. The highest BCUT2D eigenvalue weighted by Gasteiger charge is 2.06. The Hall–Kier alpha value is -0.730. The van der Waals surface area contributed by atoms with Gasteiger partial charge in [0, 0.05) is 12.3 Å². The van der Waals surface area contributed by atoms with Gasteiger partial charge in [0.25, 0.3) is 5.24 Å². The Morgan fingerprint density at radius 3 is 2.44 bits per heavy atom. The van der Waals surface area contributed by atoms with Crippen molar-refractivity contribution in [1.29, 1.82) is 0 Å². The summed E-state index contributed by atoms with van der Waals surface area (Å²) < 4.78 is 0. The molecule has 4 heteroatoms. The Bertz CT molecular complexity index is 121. The molecule has 50 valence electrons. The first-order valence-electron chi connectivity index (χ1n) is 2.36. The van der Waals surface area contributed by atoms with Gasteiger partial charge in [-0.15, -0.1) is 0 Å². The number of carbonyl (C=O) groups excluding carboxylic acids is 2. The third-order valence-corrected chi connectivity index (χ3v) is 1.42. The molecule has 0 aromatic heterocycles. The number of nitrogens with one attached hydrogen (secondary N) is 1. The minimum Gasteiger partial charge on any atom is -0.346 e. The van der Waals surface area contributed by atoms with Crippen molar-refractivity contribution < 1.29 is 9.59 Å². The van der Waals surface area contributed by atoms with Gasteiger partial charge in [-0.1, -0.05) is 11.8 Å². The van der Waals surface area contributed by atoms with E-state index in [0.29, 0.717) is 0 Å². The van der Waals surface area contributed by atoms with E-state index >= 15 is 0 Å². The van der Waals surface area contributed by atoms with Crippen LogP contribution in [0, 0.1) is 0 Å². The number of rotatable bonds is 0. The van der Waals surface area contributed by atoms with E-state index in [9.17, 15) is 4.79 Å². The van der Waals surface area contributed by atoms with Crippen molar-refractivity contribution in [2.75, 3.05) is 12.3 Å². The second-order valence-electron chi connectivity index (χ2n) is 1.21. The molecule has 0 radical (unpaired) electrons. The summed E-state index contributed by atoms with van der Waals surface area (Å²) >= 11 is 1.35. The summed E-state index contributed by atoms with van der Waals surface area (Å²) in [5.74, 6) is 2.19. The van der Waals surface area contributed by atoms with Gasteiger partial charge in [-0.05, 0) is 6.58 Å². The first kappa shape index (κ1) is 8.27. The number of hydrogen-bond acceptors (Lipinski definition) is 3. The van der Waals surface area contributed by atoms with Crippen LogP contribution in [0.25, 0.3) is 0 Å². The summed E-state index contributed by atoms with van der Waals surface area (Å²) in [7, 11) is 0. The quantitative estimate of drug-likeness (QED) is 0.503. The number of thioether (sulfide) groups is 1. The molecule has 1 amide bonds. The lowest BCUT2D eigenvalue weighted by molar-refractivity contribution is 0.262. The van der Waals surface area contributed by atoms with Crippen molar-refractivity contribution in [3.8, 4) is 0 Å². The minimum absolute atomic E-state index is 0.120. The van der Waals surface area contributed by atoms with E-state index in [4.69, 9.17) is 4.79 Å². The topological polar surface area (TPSA) is 46.2 Å². The predicted molar refractivity (Wildman–Crippen MR) is 37.2 cm³/mol. The molecule has 0 aromatic rings. The number of amides is 1. The van der Waals surface area contributed by atoms with Crippen LogP contribution >= 0.6 is 11.8 Å². The molecule has 1 fully saturated rings. The van der Waals surface area contributed by atoms with Gasteiger partial charge in [-0.2, -0.15) is 0 Å². The lowest BCUT2D eigenvalue weighted by Gasteiger charge is -1.78. The Morgan fingerprint density at radius 2 is 2.33 bits per heavy atom. The molecule has 1 N–H and O–H groups in total. The molecule has 9 heavy (non-hydrogen) atoms. The molecule has 1 aliphatic rings. The first-order valence-corrected chi connectivity index (χ1v) is 3.34. The van der Waals surface area contributed by atoms with Gasteiger partial charge in [0.15, 0.2) is 0 Å². The smallest absolute Gasteiger partial charge is 0.279 e. The van der Waals surface area contributed by atoms with Crippen LogP contribution in [0.2, 0.25) is 0 Å². The van der Waals surface area contributed by atoms with E-state index in [1.165, 1.54) is 17.7 Å². The Morgan fingerprint density at radius 1 is 1.78 bits per heavy atom. The molecule has 1 heterocycles. The Labute approximate surface area is 57.5 Å². The maximum absolute atomic E-state index is 10.1. The lowest BCUT2D eigenvalue weighted by atomic mass is 10.8. The molecule has 0 unspecified atom stereocenters. The minimum atomic E-state index is 0.120. The Kier molecular flexibility index (Phi) is 4.97. The zero-order chi connectivity index (χ0) is 7.11. The molecule has 0 atom stereocenters. The second-order valence-corrected chi connectivity index (χ2v) is 2.27. The molecular formula is C5H7NO2S. The van der Waals surface area contributed by atoms with Crippen molar-refractivity contribution in [3.63, 3.8) is 0 Å². The maximum atomic E-state index is 10.1. The summed E-state index contributed by atoms with van der Waals surface area (Å²) in [5, 5.41) is 2.76. The van der Waals surface area contributed by atoms with Crippen LogP contribution in [0.4, 0.5) is 4.79 Å². The van der Waals surface area contributed by atoms with E-state index in [1.807, 2.05) is 0 Å². The number of carbonyl (C=O) groups is 1. The van der Waals surface area contributed by atoms with E-state index in [2.05, 4.69) is 11.9 Å². The fraction of sp³-hybridized carbons (Fsp3) is 0.400. The van der Waals surface area contributed by atoms with Gasteiger partial charge in [0.2, 0.25) is 0 Å². The zero-order valence-electron chi connectivity index (χ0n) is 4.85. The largest absolute Gasteiger partial charge is 0.346 e. The fourth-order valence-corrected chi connectivity index (χ4v) is 0.941. The van der Waals surface area contributed by atoms with Gasteiger partial charge in [-0.3, -0.25) is 4.79 Å². The van der Waals surface area contributed by atoms with E-state index in [0.717, 1.165) is 12.3 Å². The van der Waals surface area contributed by atoms with Gasteiger partial charge in [0.05, 0.1) is 0 Å². The third kappa shape index (κ3) is 5.14. The predicted octanol–water partition coefficient (Wildman–Crippen LogP) is 0.447. The van der Waals surface area contributed by atoms with Crippen molar-refractivity contribution in [2.45, 2.75) is 0 Å². The van der Waals surface area contributed by atoms with Crippen LogP contribution in [-0.2, 0) is 4.79 Å².